The third kappa shape index (κ3) is 1.77. The van der Waals surface area contributed by atoms with E-state index < -0.39 is 17.7 Å². The van der Waals surface area contributed by atoms with E-state index in [0.717, 1.165) is 9.91 Å². The van der Waals surface area contributed by atoms with Gasteiger partial charge in [0.15, 0.2) is 0 Å². The van der Waals surface area contributed by atoms with Crippen LogP contribution in [-0.4, -0.2) is 44.6 Å². The molecule has 2 unspecified atom stereocenters. The van der Waals surface area contributed by atoms with E-state index in [-0.39, 0.29) is 11.9 Å². The zero-order valence-electron chi connectivity index (χ0n) is 9.39. The van der Waals surface area contributed by atoms with Crippen LogP contribution >= 0.6 is 0 Å². The number of hydrazine groups is 1. The number of rotatable bonds is 1. The van der Waals surface area contributed by atoms with Crippen molar-refractivity contribution in [3.8, 4) is 0 Å². The number of hydrogen-bond donors (Lipinski definition) is 2. The maximum absolute atomic E-state index is 11.5. The summed E-state index contributed by atoms with van der Waals surface area (Å²) in [7, 11) is 0. The van der Waals surface area contributed by atoms with Crippen molar-refractivity contribution in [1.82, 2.24) is 9.91 Å². The van der Waals surface area contributed by atoms with Crippen molar-refractivity contribution in [2.75, 3.05) is 0 Å². The summed E-state index contributed by atoms with van der Waals surface area (Å²) in [5, 5.41) is 10.1. The van der Waals surface area contributed by atoms with E-state index in [2.05, 4.69) is 0 Å². The number of nitrogens with zero attached hydrogens (tertiary/aromatic N) is 2. The molecule has 86 valence electrons. The van der Waals surface area contributed by atoms with Gasteiger partial charge in [0.1, 0.15) is 6.04 Å². The molecular weight excluding hydrogens is 198 g/mol. The van der Waals surface area contributed by atoms with E-state index in [1.165, 1.54) is 0 Å². The predicted octanol–water partition coefficient (Wildman–Crippen LogP) is 0.238. The largest absolute Gasteiger partial charge is 0.465 e. The number of amides is 2. The van der Waals surface area contributed by atoms with Crippen molar-refractivity contribution in [3.05, 3.63) is 0 Å². The van der Waals surface area contributed by atoms with Crippen molar-refractivity contribution in [3.63, 3.8) is 0 Å². The van der Waals surface area contributed by atoms with E-state index in [4.69, 9.17) is 10.9 Å². The summed E-state index contributed by atoms with van der Waals surface area (Å²) in [6, 6.07) is -0.930. The van der Waals surface area contributed by atoms with Gasteiger partial charge in [0.25, 0.3) is 5.91 Å². The molecule has 0 aromatic heterocycles. The van der Waals surface area contributed by atoms with Gasteiger partial charge in [0.2, 0.25) is 0 Å². The topological polar surface area (TPSA) is 86.9 Å². The highest BCUT2D eigenvalue weighted by molar-refractivity contribution is 5.91. The number of carboxylic acid groups (broad SMARTS) is 1. The zero-order valence-corrected chi connectivity index (χ0v) is 9.39. The first-order valence-electron chi connectivity index (χ1n) is 4.78. The lowest BCUT2D eigenvalue weighted by molar-refractivity contribution is -0.160. The molecule has 2 atom stereocenters. The van der Waals surface area contributed by atoms with Gasteiger partial charge in [-0.05, 0) is 27.7 Å². The Balaban J connectivity index is 2.93. The highest BCUT2D eigenvalue weighted by Crippen LogP contribution is 2.27. The molecule has 0 aliphatic carbocycles. The van der Waals surface area contributed by atoms with Gasteiger partial charge in [-0.15, -0.1) is 0 Å². The molecule has 0 aromatic rings. The van der Waals surface area contributed by atoms with Gasteiger partial charge in [0.05, 0.1) is 6.04 Å². The first-order valence-corrected chi connectivity index (χ1v) is 4.78. The fraction of sp³-hybridized carbons (Fsp3) is 0.778. The molecule has 0 aromatic carbocycles. The molecule has 3 N–H and O–H groups in total. The van der Waals surface area contributed by atoms with Crippen molar-refractivity contribution >= 4 is 12.0 Å². The minimum atomic E-state index is -1.10. The Labute approximate surface area is 88.6 Å². The maximum atomic E-state index is 11.5. The minimum Gasteiger partial charge on any atom is -0.465 e. The first-order chi connectivity index (χ1) is 6.68. The standard InChI is InChI=1S/C9H17N3O3/c1-5-6(7(13)12(5)10)11(8(14)15)9(2,3)4/h5-6H,10H2,1-4H3,(H,14,15). The number of nitrogens with two attached hydrogens (primary N) is 1. The molecule has 6 heteroatoms. The van der Waals surface area contributed by atoms with Crippen molar-refractivity contribution in [2.45, 2.75) is 45.3 Å². The van der Waals surface area contributed by atoms with E-state index in [0.29, 0.717) is 0 Å². The second kappa shape index (κ2) is 3.37. The predicted molar refractivity (Wildman–Crippen MR) is 53.9 cm³/mol. The van der Waals surface area contributed by atoms with Gasteiger partial charge in [-0.3, -0.25) is 14.7 Å². The van der Waals surface area contributed by atoms with Gasteiger partial charge in [-0.25, -0.2) is 10.6 Å². The molecule has 1 fully saturated rings. The molecule has 2 amide bonds. The van der Waals surface area contributed by atoms with Crippen LogP contribution in [0.2, 0.25) is 0 Å². The lowest BCUT2D eigenvalue weighted by atomic mass is 9.93. The molecule has 0 spiro atoms. The fourth-order valence-electron chi connectivity index (χ4n) is 1.78. The molecule has 1 saturated heterocycles. The van der Waals surface area contributed by atoms with Gasteiger partial charge in [-0.1, -0.05) is 0 Å². The van der Waals surface area contributed by atoms with Crippen LogP contribution in [0.25, 0.3) is 0 Å². The van der Waals surface area contributed by atoms with E-state index in [9.17, 15) is 9.59 Å². The third-order valence-electron chi connectivity index (χ3n) is 2.61. The van der Waals surface area contributed by atoms with Crippen molar-refractivity contribution in [2.24, 2.45) is 5.84 Å². The monoisotopic (exact) mass is 215 g/mol. The Kier molecular flexibility index (Phi) is 2.65. The van der Waals surface area contributed by atoms with Crippen LogP contribution in [0.4, 0.5) is 4.79 Å². The number of carbonyl (C=O) groups is 2. The van der Waals surface area contributed by atoms with Crippen LogP contribution < -0.4 is 5.84 Å². The molecule has 1 rings (SSSR count). The Bertz CT molecular complexity index is 297. The van der Waals surface area contributed by atoms with Gasteiger partial charge in [0, 0.05) is 5.54 Å². The van der Waals surface area contributed by atoms with E-state index >= 15 is 0 Å². The maximum Gasteiger partial charge on any atom is 0.408 e. The van der Waals surface area contributed by atoms with Crippen LogP contribution in [0.5, 0.6) is 0 Å². The Morgan fingerprint density at radius 1 is 1.53 bits per heavy atom. The first kappa shape index (κ1) is 11.8. The normalized spacial score (nSPS) is 26.2. The molecule has 0 saturated carbocycles. The highest BCUT2D eigenvalue weighted by atomic mass is 16.4. The Hall–Kier alpha value is -1.30. The van der Waals surface area contributed by atoms with Crippen LogP contribution in [0.3, 0.4) is 0 Å². The highest BCUT2D eigenvalue weighted by Gasteiger charge is 2.51. The smallest absolute Gasteiger partial charge is 0.408 e. The Morgan fingerprint density at radius 2 is 2.00 bits per heavy atom. The summed E-state index contributed by atoms with van der Waals surface area (Å²) in [5.74, 6) is 5.05. The van der Waals surface area contributed by atoms with Crippen molar-refractivity contribution in [1.29, 1.82) is 0 Å². The minimum absolute atomic E-state index is 0.271. The summed E-state index contributed by atoms with van der Waals surface area (Å²) in [5.41, 5.74) is -0.609. The number of β-lactam (4-membered cyclic amide) rings is 1. The molecule has 1 aliphatic rings. The van der Waals surface area contributed by atoms with Crippen molar-refractivity contribution < 1.29 is 14.7 Å². The van der Waals surface area contributed by atoms with Gasteiger partial charge in [-0.2, -0.15) is 0 Å². The summed E-state index contributed by atoms with van der Waals surface area (Å²) in [6.45, 7) is 6.98. The average molecular weight is 215 g/mol. The number of carbonyl (C=O) groups excluding carboxylic acids is 1. The molecular formula is C9H17N3O3. The summed E-state index contributed by atoms with van der Waals surface area (Å²) >= 11 is 0. The average Bonchev–Trinajstić information content (AvgIpc) is 2.09. The molecule has 0 radical (unpaired) electrons. The van der Waals surface area contributed by atoms with Crippen LogP contribution in [0, 0.1) is 0 Å². The lowest BCUT2D eigenvalue weighted by Gasteiger charge is -2.50. The second-order valence-corrected chi connectivity index (χ2v) is 4.75. The molecule has 1 aliphatic heterocycles. The number of hydrogen-bond acceptors (Lipinski definition) is 3. The fourth-order valence-corrected chi connectivity index (χ4v) is 1.78. The molecule has 1 heterocycles. The molecule has 6 nitrogen and oxygen atoms in total. The molecule has 15 heavy (non-hydrogen) atoms. The zero-order chi connectivity index (χ0) is 12.0. The third-order valence-corrected chi connectivity index (χ3v) is 2.61. The lowest BCUT2D eigenvalue weighted by Crippen LogP contribution is -2.75. The quantitative estimate of drug-likeness (QED) is 0.372. The summed E-state index contributed by atoms with van der Waals surface area (Å²) < 4.78 is 0. The SMILES string of the molecule is CC1C(N(C(=O)O)C(C)(C)C)C(=O)N1N. The van der Waals surface area contributed by atoms with Gasteiger partial charge < -0.3 is 5.11 Å². The van der Waals surface area contributed by atoms with Crippen LogP contribution in [0.15, 0.2) is 0 Å². The second-order valence-electron chi connectivity index (χ2n) is 4.75. The Morgan fingerprint density at radius 3 is 2.27 bits per heavy atom. The van der Waals surface area contributed by atoms with Crippen LogP contribution in [0.1, 0.15) is 27.7 Å². The summed E-state index contributed by atoms with van der Waals surface area (Å²) in [6.07, 6.45) is -1.10. The molecule has 0 bridgehead atoms. The van der Waals surface area contributed by atoms with Gasteiger partial charge >= 0.3 is 6.09 Å². The summed E-state index contributed by atoms with van der Waals surface area (Å²) in [4.78, 5) is 23.7. The van der Waals surface area contributed by atoms with Crippen LogP contribution in [-0.2, 0) is 4.79 Å². The van der Waals surface area contributed by atoms with E-state index in [1.807, 2.05) is 0 Å². The van der Waals surface area contributed by atoms with E-state index in [1.54, 1.807) is 27.7 Å².